The average molecular weight is 712 g/mol. The Morgan fingerprint density at radius 3 is 0.688 bits per heavy atom. The highest BCUT2D eigenvalue weighted by Crippen LogP contribution is 2.26. The molecule has 5 aromatic carbocycles. The first kappa shape index (κ1) is 36.7. The van der Waals surface area contributed by atoms with Crippen LogP contribution >= 0.6 is 46.4 Å². The minimum Gasteiger partial charge on any atom is -0.0838 e. The van der Waals surface area contributed by atoms with E-state index in [4.69, 9.17) is 46.4 Å². The van der Waals surface area contributed by atoms with Crippen molar-refractivity contribution in [3.05, 3.63) is 135 Å². The van der Waals surface area contributed by atoms with Crippen LogP contribution in [0.1, 0.15) is 66.8 Å². The number of benzene rings is 5. The van der Waals surface area contributed by atoms with Gasteiger partial charge in [0.15, 0.2) is 0 Å². The maximum atomic E-state index is 6.97. The third-order valence-electron chi connectivity index (χ3n) is 10.5. The zero-order valence-electron chi connectivity index (χ0n) is 30.3. The summed E-state index contributed by atoms with van der Waals surface area (Å²) in [6.45, 7) is 25.6. The van der Waals surface area contributed by atoms with Crippen molar-refractivity contribution in [2.24, 2.45) is 0 Å². The fraction of sp³-hybridized carbons (Fsp3) is 0.286. The van der Waals surface area contributed by atoms with E-state index in [1.165, 1.54) is 55.0 Å². The van der Waals surface area contributed by atoms with E-state index in [9.17, 15) is 0 Å². The third kappa shape index (κ3) is 6.28. The molecule has 48 heavy (non-hydrogen) atoms. The van der Waals surface area contributed by atoms with Gasteiger partial charge in [-0.1, -0.05) is 150 Å². The van der Waals surface area contributed by atoms with Crippen LogP contribution in [0, 0.1) is 83.1 Å². The smallest absolute Gasteiger partial charge is 0.0838 e. The van der Waals surface area contributed by atoms with Gasteiger partial charge in [-0.05, 0) is 128 Å². The second-order valence-electron chi connectivity index (χ2n) is 14.0. The molecule has 246 valence electrons. The Morgan fingerprint density at radius 2 is 0.500 bits per heavy atom. The van der Waals surface area contributed by atoms with Crippen LogP contribution in [-0.4, -0.2) is 13.4 Å². The molecule has 0 saturated heterocycles. The van der Waals surface area contributed by atoms with E-state index in [2.05, 4.69) is 132 Å². The van der Waals surface area contributed by atoms with Crippen LogP contribution in [0.2, 0.25) is 20.1 Å². The van der Waals surface area contributed by atoms with Crippen LogP contribution in [0.25, 0.3) is 0 Å². The summed E-state index contributed by atoms with van der Waals surface area (Å²) in [6.07, 6.45) is 0. The van der Waals surface area contributed by atoms with Crippen molar-refractivity contribution in [3.8, 4) is 0 Å². The SMILES string of the molecule is Cc1cc(C)c(B(c2ccc(B(c3c(C)cc(C)c(Cl)c3C)c3c(C)cc(C)c(Cl)c3C)cc2)c2c(C)cc(C)c(Cl)c2C)c(C)c1Cl. The van der Waals surface area contributed by atoms with Crippen LogP contribution in [0.5, 0.6) is 0 Å². The van der Waals surface area contributed by atoms with Gasteiger partial charge in [0, 0.05) is 20.1 Å². The minimum absolute atomic E-state index is 0.0525. The van der Waals surface area contributed by atoms with Crippen molar-refractivity contribution in [1.29, 1.82) is 0 Å². The van der Waals surface area contributed by atoms with E-state index in [-0.39, 0.29) is 13.4 Å². The summed E-state index contributed by atoms with van der Waals surface area (Å²) in [7, 11) is 0. The Bertz CT molecular complexity index is 1820. The van der Waals surface area contributed by atoms with Gasteiger partial charge in [0.1, 0.15) is 0 Å². The molecule has 0 aliphatic heterocycles. The minimum atomic E-state index is -0.0525. The molecule has 0 atom stereocenters. The van der Waals surface area contributed by atoms with Gasteiger partial charge in [0.05, 0.1) is 0 Å². The largest absolute Gasteiger partial charge is 0.242 e. The number of rotatable bonds is 6. The predicted octanol–water partition coefficient (Wildman–Crippen LogP) is 9.03. The zero-order valence-corrected chi connectivity index (χ0v) is 33.3. The van der Waals surface area contributed by atoms with E-state index in [0.717, 1.165) is 64.6 Å². The zero-order chi connectivity index (χ0) is 35.5. The van der Waals surface area contributed by atoms with Crippen LogP contribution in [0.3, 0.4) is 0 Å². The average Bonchev–Trinajstić information content (AvgIpc) is 3.03. The molecule has 5 rings (SSSR count). The van der Waals surface area contributed by atoms with Crippen molar-refractivity contribution in [3.63, 3.8) is 0 Å². The molecule has 5 aromatic rings. The van der Waals surface area contributed by atoms with Crippen molar-refractivity contribution in [2.45, 2.75) is 83.1 Å². The van der Waals surface area contributed by atoms with Gasteiger partial charge in [-0.3, -0.25) is 0 Å². The summed E-state index contributed by atoms with van der Waals surface area (Å²) in [5.74, 6) is 0. The molecule has 6 heteroatoms. The fourth-order valence-electron chi connectivity index (χ4n) is 8.32. The second-order valence-corrected chi connectivity index (χ2v) is 15.5. The van der Waals surface area contributed by atoms with E-state index < -0.39 is 0 Å². The monoisotopic (exact) mass is 710 g/mol. The Morgan fingerprint density at radius 1 is 0.312 bits per heavy atom. The van der Waals surface area contributed by atoms with Crippen molar-refractivity contribution in [1.82, 2.24) is 0 Å². The molecular formula is C42H44B2Cl4. The molecule has 0 aromatic heterocycles. The van der Waals surface area contributed by atoms with Gasteiger partial charge in [-0.2, -0.15) is 0 Å². The Kier molecular flexibility index (Phi) is 10.7. The lowest BCUT2D eigenvalue weighted by Gasteiger charge is -2.28. The first-order valence-corrected chi connectivity index (χ1v) is 18.1. The van der Waals surface area contributed by atoms with E-state index in [1.807, 2.05) is 0 Å². The summed E-state index contributed by atoms with van der Waals surface area (Å²) >= 11 is 27.9. The third-order valence-corrected chi connectivity index (χ3v) is 12.8. The van der Waals surface area contributed by atoms with E-state index >= 15 is 0 Å². The Hall–Kier alpha value is -2.61. The fourth-order valence-corrected chi connectivity index (χ4v) is 8.94. The van der Waals surface area contributed by atoms with Crippen LogP contribution in [0.15, 0.2) is 48.5 Å². The second kappa shape index (κ2) is 14.0. The highest BCUT2D eigenvalue weighted by atomic mass is 35.5. The lowest BCUT2D eigenvalue weighted by atomic mass is 9.32. The molecule has 0 bridgehead atoms. The molecule has 0 aliphatic carbocycles. The molecule has 0 amide bonds. The maximum Gasteiger partial charge on any atom is 0.242 e. The highest BCUT2D eigenvalue weighted by molar-refractivity contribution is 6.98. The lowest BCUT2D eigenvalue weighted by molar-refractivity contribution is 1.33. The molecule has 0 fully saturated rings. The van der Waals surface area contributed by atoms with E-state index in [1.54, 1.807) is 0 Å². The topological polar surface area (TPSA) is 0 Å². The van der Waals surface area contributed by atoms with Crippen molar-refractivity contribution >= 4 is 92.6 Å². The molecular weight excluding hydrogens is 668 g/mol. The van der Waals surface area contributed by atoms with Gasteiger partial charge in [0.2, 0.25) is 13.4 Å². The first-order chi connectivity index (χ1) is 22.5. The van der Waals surface area contributed by atoms with E-state index in [0.29, 0.717) is 0 Å². The summed E-state index contributed by atoms with van der Waals surface area (Å²) < 4.78 is 0. The van der Waals surface area contributed by atoms with Crippen molar-refractivity contribution in [2.75, 3.05) is 0 Å². The molecule has 0 radical (unpaired) electrons. The lowest BCUT2D eigenvalue weighted by Crippen LogP contribution is -2.58. The summed E-state index contributed by atoms with van der Waals surface area (Å²) in [5.41, 5.74) is 21.0. The summed E-state index contributed by atoms with van der Waals surface area (Å²) in [4.78, 5) is 0. The molecule has 0 saturated carbocycles. The van der Waals surface area contributed by atoms with Crippen LogP contribution in [0.4, 0.5) is 0 Å². The van der Waals surface area contributed by atoms with Gasteiger partial charge >= 0.3 is 0 Å². The summed E-state index contributed by atoms with van der Waals surface area (Å²) in [6, 6.07) is 18.0. The first-order valence-electron chi connectivity index (χ1n) is 16.6. The number of aryl methyl sites for hydroxylation is 8. The Balaban J connectivity index is 1.82. The van der Waals surface area contributed by atoms with Crippen molar-refractivity contribution < 1.29 is 0 Å². The van der Waals surface area contributed by atoms with Gasteiger partial charge in [0.25, 0.3) is 0 Å². The van der Waals surface area contributed by atoms with Gasteiger partial charge in [-0.25, -0.2) is 0 Å². The molecule has 0 heterocycles. The normalized spacial score (nSPS) is 11.3. The molecule has 0 unspecified atom stereocenters. The van der Waals surface area contributed by atoms with Gasteiger partial charge in [-0.15, -0.1) is 0 Å². The quantitative estimate of drug-likeness (QED) is 0.154. The van der Waals surface area contributed by atoms with Crippen LogP contribution < -0.4 is 32.8 Å². The Labute approximate surface area is 309 Å². The molecule has 0 N–H and O–H groups in total. The molecule has 0 spiro atoms. The van der Waals surface area contributed by atoms with Crippen LogP contribution in [-0.2, 0) is 0 Å². The molecule has 0 aliphatic rings. The van der Waals surface area contributed by atoms with Gasteiger partial charge < -0.3 is 0 Å². The molecule has 0 nitrogen and oxygen atoms in total. The number of hydrogen-bond acceptors (Lipinski definition) is 0. The highest BCUT2D eigenvalue weighted by Gasteiger charge is 2.33. The number of hydrogen-bond donors (Lipinski definition) is 0. The standard InChI is InChI=1S/C42H44B2Cl4/c1-21-17-25(5)39(45)29(9)35(21)43(36-22(2)18-26(6)40(46)30(36)10)33-13-15-34(16-14-33)44(37-23(3)19-27(7)41(47)31(37)11)38-24(4)20-28(8)42(48)32(38)12/h13-20H,1-12H3. The maximum absolute atomic E-state index is 6.97. The predicted molar refractivity (Wildman–Crippen MR) is 218 cm³/mol. The number of halogens is 4. The summed E-state index contributed by atoms with van der Waals surface area (Å²) in [5, 5.41) is 3.26.